The van der Waals surface area contributed by atoms with Gasteiger partial charge in [-0.05, 0) is 6.42 Å². The van der Waals surface area contributed by atoms with Crippen molar-refractivity contribution in [3.63, 3.8) is 0 Å². The van der Waals surface area contributed by atoms with Crippen molar-refractivity contribution in [3.05, 3.63) is 6.42 Å². The van der Waals surface area contributed by atoms with Crippen molar-refractivity contribution < 1.29 is 29.4 Å². The summed E-state index contributed by atoms with van der Waals surface area (Å²) >= 11 is 0. The van der Waals surface area contributed by atoms with Crippen LogP contribution in [0.25, 0.3) is 0 Å². The van der Waals surface area contributed by atoms with E-state index in [0.717, 1.165) is 12.8 Å². The zero-order valence-electron chi connectivity index (χ0n) is 14.2. The van der Waals surface area contributed by atoms with E-state index in [9.17, 15) is 4.79 Å². The van der Waals surface area contributed by atoms with Crippen LogP contribution < -0.4 is 0 Å². The molecule has 0 aromatic rings. The Morgan fingerprint density at radius 2 is 1.19 bits per heavy atom. The summed E-state index contributed by atoms with van der Waals surface area (Å²) in [6, 6.07) is 0. The number of unbranched alkanes of at least 4 members (excludes halogenated alkanes) is 14. The third kappa shape index (κ3) is 22.5. The molecule has 0 amide bonds. The van der Waals surface area contributed by atoms with Gasteiger partial charge in [0.25, 0.3) is 0 Å². The predicted molar refractivity (Wildman–Crippen MR) is 86.9 cm³/mol. The summed E-state index contributed by atoms with van der Waals surface area (Å²) in [6.07, 6.45) is 20.7. The first kappa shape index (κ1) is 23.4. The van der Waals surface area contributed by atoms with Gasteiger partial charge in [0.1, 0.15) is 0 Å². The molecule has 122 valence electrons. The van der Waals surface area contributed by atoms with Crippen molar-refractivity contribution in [1.29, 1.82) is 0 Å². The van der Waals surface area contributed by atoms with E-state index in [-0.39, 0.29) is 19.5 Å². The van der Waals surface area contributed by atoms with Crippen LogP contribution in [0.15, 0.2) is 0 Å². The molecule has 0 aliphatic rings. The molecule has 0 radical (unpaired) electrons. The summed E-state index contributed by atoms with van der Waals surface area (Å²) in [5.41, 5.74) is 0. The molecule has 21 heavy (non-hydrogen) atoms. The van der Waals surface area contributed by atoms with Gasteiger partial charge < -0.3 is 11.5 Å². The Balaban J connectivity index is 0. The smallest absolute Gasteiger partial charge is 0.303 e. The van der Waals surface area contributed by atoms with Crippen molar-refractivity contribution in [3.8, 4) is 0 Å². The maximum Gasteiger partial charge on any atom is 0.303 e. The second-order valence-corrected chi connectivity index (χ2v) is 5.90. The largest absolute Gasteiger partial charge is 0.481 e. The van der Waals surface area contributed by atoms with Crippen LogP contribution in [0.3, 0.4) is 0 Å². The monoisotopic (exact) mass is 347 g/mol. The van der Waals surface area contributed by atoms with E-state index in [2.05, 4.69) is 13.3 Å². The molecule has 0 unspecified atom stereocenters. The zero-order chi connectivity index (χ0) is 14.9. The third-order valence-electron chi connectivity index (χ3n) is 3.79. The molecule has 0 saturated heterocycles. The fourth-order valence-corrected chi connectivity index (χ4v) is 2.50. The van der Waals surface area contributed by atoms with Crippen LogP contribution in [0.4, 0.5) is 0 Å². The third-order valence-corrected chi connectivity index (χ3v) is 3.79. The van der Waals surface area contributed by atoms with Gasteiger partial charge >= 0.3 is 5.97 Å². The minimum absolute atomic E-state index is 0. The molecule has 0 aliphatic carbocycles. The molecule has 2 nitrogen and oxygen atoms in total. The molecule has 0 spiro atoms. The Bertz CT molecular complexity index is 207. The van der Waals surface area contributed by atoms with E-state index < -0.39 is 5.97 Å². The molecular weight excluding hydrogens is 314 g/mol. The summed E-state index contributed by atoms with van der Waals surface area (Å²) in [4.78, 5) is 10.3. The molecule has 0 aromatic heterocycles. The fourth-order valence-electron chi connectivity index (χ4n) is 2.50. The van der Waals surface area contributed by atoms with E-state index in [1.807, 2.05) is 0 Å². The van der Waals surface area contributed by atoms with E-state index in [1.165, 1.54) is 77.0 Å². The topological polar surface area (TPSA) is 37.3 Å². The van der Waals surface area contributed by atoms with Gasteiger partial charge in [0, 0.05) is 25.9 Å². The molecule has 0 atom stereocenters. The second kappa shape index (κ2) is 20.1. The average Bonchev–Trinajstić information content (AvgIpc) is 2.43. The Kier molecular flexibility index (Phi) is 22.4. The van der Waals surface area contributed by atoms with Crippen molar-refractivity contribution in [2.75, 3.05) is 0 Å². The first-order chi connectivity index (χ1) is 9.77. The first-order valence-corrected chi connectivity index (χ1v) is 8.80. The Hall–Kier alpha value is 0.0934. The van der Waals surface area contributed by atoms with E-state index in [1.54, 1.807) is 0 Å². The van der Waals surface area contributed by atoms with Gasteiger partial charge in [0.2, 0.25) is 0 Å². The minimum Gasteiger partial charge on any atom is -0.481 e. The summed E-state index contributed by atoms with van der Waals surface area (Å²) in [5.74, 6) is -0.655. The molecule has 3 heteroatoms. The average molecular weight is 349 g/mol. The van der Waals surface area contributed by atoms with Crippen LogP contribution in [0.1, 0.15) is 103 Å². The van der Waals surface area contributed by atoms with Gasteiger partial charge in [-0.15, -0.1) is 0 Å². The second-order valence-electron chi connectivity index (χ2n) is 5.90. The molecular formula is C18H35O2Zn-. The Morgan fingerprint density at radius 3 is 1.62 bits per heavy atom. The van der Waals surface area contributed by atoms with Gasteiger partial charge in [-0.1, -0.05) is 77.6 Å². The number of rotatable bonds is 16. The van der Waals surface area contributed by atoms with Crippen molar-refractivity contribution in [2.45, 2.75) is 103 Å². The van der Waals surface area contributed by atoms with Crippen LogP contribution in [-0.2, 0) is 24.3 Å². The first-order valence-electron chi connectivity index (χ1n) is 8.80. The zero-order valence-corrected chi connectivity index (χ0v) is 17.2. The van der Waals surface area contributed by atoms with E-state index in [4.69, 9.17) is 5.11 Å². The van der Waals surface area contributed by atoms with Gasteiger partial charge in [-0.2, -0.15) is 12.8 Å². The van der Waals surface area contributed by atoms with Crippen LogP contribution in [0.2, 0.25) is 0 Å². The Morgan fingerprint density at radius 1 is 0.762 bits per heavy atom. The molecule has 0 aromatic carbocycles. The molecule has 0 saturated carbocycles. The van der Waals surface area contributed by atoms with E-state index in [0.29, 0.717) is 6.42 Å². The molecule has 1 N–H and O–H groups in total. The minimum atomic E-state index is -0.655. The normalized spacial score (nSPS) is 10.3. The van der Waals surface area contributed by atoms with Crippen molar-refractivity contribution in [2.24, 2.45) is 0 Å². The summed E-state index contributed by atoms with van der Waals surface area (Å²) in [5, 5.41) is 8.52. The van der Waals surface area contributed by atoms with E-state index >= 15 is 0 Å². The molecule has 0 aliphatic heterocycles. The van der Waals surface area contributed by atoms with Gasteiger partial charge in [-0.3, -0.25) is 4.79 Å². The number of aliphatic carboxylic acids is 1. The number of hydrogen-bond donors (Lipinski definition) is 1. The van der Waals surface area contributed by atoms with Gasteiger partial charge in [0.05, 0.1) is 0 Å². The van der Waals surface area contributed by atoms with Crippen LogP contribution in [-0.4, -0.2) is 11.1 Å². The summed E-state index contributed by atoms with van der Waals surface area (Å²) in [6.45, 7) is 2.24. The molecule has 0 heterocycles. The van der Waals surface area contributed by atoms with Crippen molar-refractivity contribution >= 4 is 5.97 Å². The number of hydrogen-bond acceptors (Lipinski definition) is 1. The predicted octanol–water partition coefficient (Wildman–Crippen LogP) is 6.14. The number of carboxylic acid groups (broad SMARTS) is 1. The van der Waals surface area contributed by atoms with Gasteiger partial charge in [-0.25, -0.2) is 0 Å². The van der Waals surface area contributed by atoms with Crippen LogP contribution >= 0.6 is 0 Å². The molecule has 0 rings (SSSR count). The maximum absolute atomic E-state index is 10.3. The fraction of sp³-hybridized carbons (Fsp3) is 0.889. The van der Waals surface area contributed by atoms with Crippen molar-refractivity contribution in [1.82, 2.24) is 0 Å². The van der Waals surface area contributed by atoms with Crippen LogP contribution in [0, 0.1) is 6.42 Å². The molecule has 0 bridgehead atoms. The maximum atomic E-state index is 10.3. The summed E-state index contributed by atoms with van der Waals surface area (Å²) < 4.78 is 0. The standard InChI is InChI=1S/C18H35O2.Zn/c1-2-3-4-5-6-7-8-9-10-11-12-13-14-15-16-17-18(19)20;/h4H,2-3,5-17H2,1H3,(H,19,20);/q-1;. The molecule has 0 fully saturated rings. The Labute approximate surface area is 145 Å². The van der Waals surface area contributed by atoms with Gasteiger partial charge in [0.15, 0.2) is 0 Å². The quantitative estimate of drug-likeness (QED) is 0.206. The number of carbonyl (C=O) groups is 1. The van der Waals surface area contributed by atoms with Crippen LogP contribution in [0.5, 0.6) is 0 Å². The summed E-state index contributed by atoms with van der Waals surface area (Å²) in [7, 11) is 0. The number of carboxylic acids is 1. The SMILES string of the molecule is CCC[CH-]CCCCCCCCCCCCCC(=O)O.[Zn].